The summed E-state index contributed by atoms with van der Waals surface area (Å²) < 4.78 is 5.37. The van der Waals surface area contributed by atoms with Crippen molar-refractivity contribution in [2.75, 3.05) is 13.2 Å². The summed E-state index contributed by atoms with van der Waals surface area (Å²) in [4.78, 5) is 26.5. The van der Waals surface area contributed by atoms with Gasteiger partial charge in [0.2, 0.25) is 0 Å². The number of amides is 2. The molecule has 7 nitrogen and oxygen atoms in total. The highest BCUT2D eigenvalue weighted by molar-refractivity contribution is 6.30. The lowest BCUT2D eigenvalue weighted by atomic mass is 10.3. The van der Waals surface area contributed by atoms with Crippen molar-refractivity contribution in [2.45, 2.75) is 13.0 Å². The summed E-state index contributed by atoms with van der Waals surface area (Å²) in [6, 6.07) is 6.58. The van der Waals surface area contributed by atoms with Crippen LogP contribution in [-0.2, 0) is 9.63 Å². The fourth-order valence-corrected chi connectivity index (χ4v) is 1.31. The zero-order chi connectivity index (χ0) is 15.0. The second-order valence-electron chi connectivity index (χ2n) is 3.76. The Hall–Kier alpha value is -1.99. The lowest BCUT2D eigenvalue weighted by Crippen LogP contribution is -2.38. The maximum Gasteiger partial charge on any atom is 0.404 e. The molecule has 0 aliphatic carbocycles. The van der Waals surface area contributed by atoms with Gasteiger partial charge in [0.05, 0.1) is 6.61 Å². The second-order valence-corrected chi connectivity index (χ2v) is 4.20. The Bertz CT molecular complexity index is 452. The van der Waals surface area contributed by atoms with Gasteiger partial charge in [-0.3, -0.25) is 9.63 Å². The summed E-state index contributed by atoms with van der Waals surface area (Å²) in [5.41, 5.74) is 2.16. The average Bonchev–Trinajstić information content (AvgIpc) is 2.40. The number of halogens is 1. The Labute approximate surface area is 120 Å². The van der Waals surface area contributed by atoms with Crippen molar-refractivity contribution in [3.8, 4) is 5.75 Å². The molecule has 0 radical (unpaired) electrons. The summed E-state index contributed by atoms with van der Waals surface area (Å²) in [6.07, 6.45) is -1.91. The van der Waals surface area contributed by atoms with E-state index in [0.29, 0.717) is 10.8 Å². The molecule has 0 saturated carbocycles. The number of hydrogen-bond acceptors (Lipinski definition) is 4. The van der Waals surface area contributed by atoms with E-state index in [0.717, 1.165) is 0 Å². The molecule has 1 aromatic carbocycles. The van der Waals surface area contributed by atoms with E-state index in [9.17, 15) is 9.59 Å². The van der Waals surface area contributed by atoms with Crippen molar-refractivity contribution in [2.24, 2.45) is 0 Å². The van der Waals surface area contributed by atoms with Gasteiger partial charge >= 0.3 is 6.09 Å². The minimum absolute atomic E-state index is 0.0195. The van der Waals surface area contributed by atoms with E-state index in [1.54, 1.807) is 31.2 Å². The Kier molecular flexibility index (Phi) is 6.61. The van der Waals surface area contributed by atoms with Crippen LogP contribution in [0.25, 0.3) is 0 Å². The van der Waals surface area contributed by atoms with Gasteiger partial charge < -0.3 is 15.2 Å². The summed E-state index contributed by atoms with van der Waals surface area (Å²) in [6.45, 7) is 1.65. The Morgan fingerprint density at radius 1 is 1.35 bits per heavy atom. The Morgan fingerprint density at radius 3 is 2.60 bits per heavy atom. The molecule has 0 spiro atoms. The molecule has 0 aliphatic heterocycles. The molecule has 0 fully saturated rings. The third kappa shape index (κ3) is 6.26. The SMILES string of the molecule is CC(Oc1ccc(Cl)cc1)C(=O)NOCCNC(=O)O. The van der Waals surface area contributed by atoms with Crippen molar-refractivity contribution >= 4 is 23.6 Å². The first-order chi connectivity index (χ1) is 9.49. The van der Waals surface area contributed by atoms with Crippen LogP contribution >= 0.6 is 11.6 Å². The first-order valence-electron chi connectivity index (χ1n) is 5.79. The smallest absolute Gasteiger partial charge is 0.404 e. The van der Waals surface area contributed by atoms with Crippen LogP contribution in [0.4, 0.5) is 4.79 Å². The summed E-state index contributed by atoms with van der Waals surface area (Å²) in [5.74, 6) is 0.0277. The predicted molar refractivity (Wildman–Crippen MR) is 71.7 cm³/mol. The highest BCUT2D eigenvalue weighted by atomic mass is 35.5. The quantitative estimate of drug-likeness (QED) is 0.523. The van der Waals surface area contributed by atoms with Crippen LogP contribution in [0.1, 0.15) is 6.92 Å². The molecule has 0 aromatic heterocycles. The summed E-state index contributed by atoms with van der Waals surface area (Å²) in [7, 11) is 0. The third-order valence-corrected chi connectivity index (χ3v) is 2.40. The molecule has 1 unspecified atom stereocenters. The van der Waals surface area contributed by atoms with Gasteiger partial charge in [0, 0.05) is 11.6 Å². The molecule has 110 valence electrons. The van der Waals surface area contributed by atoms with Crippen LogP contribution < -0.4 is 15.5 Å². The molecule has 1 aromatic rings. The van der Waals surface area contributed by atoms with Crippen LogP contribution in [-0.4, -0.2) is 36.4 Å². The van der Waals surface area contributed by atoms with E-state index in [-0.39, 0.29) is 13.2 Å². The van der Waals surface area contributed by atoms with Gasteiger partial charge in [-0.2, -0.15) is 0 Å². The minimum Gasteiger partial charge on any atom is -0.481 e. The molecule has 3 N–H and O–H groups in total. The van der Waals surface area contributed by atoms with Gasteiger partial charge in [0.25, 0.3) is 5.91 Å². The normalized spacial score (nSPS) is 11.5. The Morgan fingerprint density at radius 2 is 2.00 bits per heavy atom. The topological polar surface area (TPSA) is 96.9 Å². The number of carboxylic acid groups (broad SMARTS) is 1. The van der Waals surface area contributed by atoms with Crippen LogP contribution in [0.3, 0.4) is 0 Å². The summed E-state index contributed by atoms with van der Waals surface area (Å²) in [5, 5.41) is 11.0. The zero-order valence-corrected chi connectivity index (χ0v) is 11.5. The highest BCUT2D eigenvalue weighted by Gasteiger charge is 2.14. The fourth-order valence-electron chi connectivity index (χ4n) is 1.18. The van der Waals surface area contributed by atoms with Crippen molar-refractivity contribution in [3.05, 3.63) is 29.3 Å². The van der Waals surface area contributed by atoms with E-state index >= 15 is 0 Å². The van der Waals surface area contributed by atoms with Gasteiger partial charge in [0.15, 0.2) is 6.10 Å². The molecule has 0 heterocycles. The number of rotatable bonds is 7. The summed E-state index contributed by atoms with van der Waals surface area (Å²) >= 11 is 5.73. The van der Waals surface area contributed by atoms with Crippen LogP contribution in [0, 0.1) is 0 Å². The van der Waals surface area contributed by atoms with E-state index in [4.69, 9.17) is 26.3 Å². The van der Waals surface area contributed by atoms with E-state index in [2.05, 4.69) is 10.8 Å². The number of nitrogens with one attached hydrogen (secondary N) is 2. The first kappa shape index (κ1) is 16.1. The lowest BCUT2D eigenvalue weighted by Gasteiger charge is -2.14. The maximum absolute atomic E-state index is 11.6. The van der Waals surface area contributed by atoms with Crippen molar-refractivity contribution in [1.82, 2.24) is 10.8 Å². The maximum atomic E-state index is 11.6. The molecular weight excluding hydrogens is 288 g/mol. The first-order valence-corrected chi connectivity index (χ1v) is 6.17. The third-order valence-electron chi connectivity index (χ3n) is 2.15. The molecule has 0 bridgehead atoms. The lowest BCUT2D eigenvalue weighted by molar-refractivity contribution is -0.139. The van der Waals surface area contributed by atoms with Gasteiger partial charge in [-0.05, 0) is 31.2 Å². The number of benzene rings is 1. The number of hydrogen-bond donors (Lipinski definition) is 3. The molecule has 1 rings (SSSR count). The van der Waals surface area contributed by atoms with Gasteiger partial charge in [-0.1, -0.05) is 11.6 Å². The van der Waals surface area contributed by atoms with E-state index in [1.165, 1.54) is 0 Å². The molecule has 0 aliphatic rings. The average molecular weight is 303 g/mol. The van der Waals surface area contributed by atoms with Gasteiger partial charge in [0.1, 0.15) is 5.75 Å². The molecule has 8 heteroatoms. The highest BCUT2D eigenvalue weighted by Crippen LogP contribution is 2.16. The van der Waals surface area contributed by atoms with Crippen LogP contribution in [0.15, 0.2) is 24.3 Å². The number of carbonyl (C=O) groups excluding carboxylic acids is 1. The van der Waals surface area contributed by atoms with Crippen LogP contribution in [0.5, 0.6) is 5.75 Å². The number of ether oxygens (including phenoxy) is 1. The number of carbonyl (C=O) groups is 2. The Balaban J connectivity index is 2.25. The van der Waals surface area contributed by atoms with Crippen LogP contribution in [0.2, 0.25) is 5.02 Å². The van der Waals surface area contributed by atoms with E-state index < -0.39 is 18.1 Å². The van der Waals surface area contributed by atoms with Gasteiger partial charge in [-0.15, -0.1) is 0 Å². The van der Waals surface area contributed by atoms with Crippen molar-refractivity contribution < 1.29 is 24.3 Å². The molecular formula is C12H15ClN2O5. The second kappa shape index (κ2) is 8.23. The molecule has 2 amide bonds. The largest absolute Gasteiger partial charge is 0.481 e. The van der Waals surface area contributed by atoms with Crippen molar-refractivity contribution in [3.63, 3.8) is 0 Å². The predicted octanol–water partition coefficient (Wildman–Crippen LogP) is 1.42. The zero-order valence-electron chi connectivity index (χ0n) is 10.8. The molecule has 0 saturated heterocycles. The van der Waals surface area contributed by atoms with Crippen molar-refractivity contribution in [1.29, 1.82) is 0 Å². The molecule has 20 heavy (non-hydrogen) atoms. The minimum atomic E-state index is -1.15. The molecule has 1 atom stereocenters. The number of hydroxylamine groups is 1. The standard InChI is InChI=1S/C12H15ClN2O5/c1-8(20-10-4-2-9(13)3-5-10)11(16)15-19-7-6-14-12(17)18/h2-5,8,14H,6-7H2,1H3,(H,15,16)(H,17,18). The fraction of sp³-hybridized carbons (Fsp3) is 0.333. The monoisotopic (exact) mass is 302 g/mol. The van der Waals surface area contributed by atoms with E-state index in [1.807, 2.05) is 0 Å². The van der Waals surface area contributed by atoms with Gasteiger partial charge in [-0.25, -0.2) is 10.3 Å².